The molecule has 0 N–H and O–H groups in total. The first kappa shape index (κ1) is 37.2. The predicted molar refractivity (Wildman–Crippen MR) is 254 cm³/mol. The molecule has 0 bridgehead atoms. The summed E-state index contributed by atoms with van der Waals surface area (Å²) >= 11 is 0. The quantitative estimate of drug-likeness (QED) is 0.143. The second-order valence-electron chi connectivity index (χ2n) is 15.2. The van der Waals surface area contributed by atoms with Crippen LogP contribution in [0.4, 0.5) is 5.69 Å². The van der Waals surface area contributed by atoms with Crippen LogP contribution in [0.3, 0.4) is 0 Å². The Bertz CT molecular complexity index is 3390. The zero-order chi connectivity index (χ0) is 42.1. The van der Waals surface area contributed by atoms with Gasteiger partial charge in [0.05, 0.1) is 34.7 Å². The van der Waals surface area contributed by atoms with Crippen LogP contribution in [-0.2, 0) is 0 Å². The third kappa shape index (κ3) is 7.08. The summed E-state index contributed by atoms with van der Waals surface area (Å²) in [6, 6.07) is 71.8. The van der Waals surface area contributed by atoms with Crippen LogP contribution >= 0.6 is 0 Å². The third-order valence-electron chi connectivity index (χ3n) is 11.3. The lowest BCUT2D eigenvalue weighted by Crippen LogP contribution is -2.03. The van der Waals surface area contributed by atoms with Gasteiger partial charge in [-0.1, -0.05) is 170 Å². The van der Waals surface area contributed by atoms with Crippen molar-refractivity contribution in [3.05, 3.63) is 224 Å². The summed E-state index contributed by atoms with van der Waals surface area (Å²) in [5, 5.41) is 2.24. The number of hydrogen-bond donors (Lipinski definition) is 0. The molecule has 0 fully saturated rings. The molecule has 0 aliphatic rings. The molecule has 0 amide bonds. The minimum Gasteiger partial charge on any atom is -0.309 e. The Morgan fingerprint density at radius 2 is 0.825 bits per heavy atom. The lowest BCUT2D eigenvalue weighted by molar-refractivity contribution is 1.07. The summed E-state index contributed by atoms with van der Waals surface area (Å²) in [5.41, 5.74) is 12.5. The van der Waals surface area contributed by atoms with E-state index in [4.69, 9.17) is 31.5 Å². The summed E-state index contributed by atoms with van der Waals surface area (Å²) < 4.78 is 2.33. The van der Waals surface area contributed by atoms with Crippen LogP contribution in [0.5, 0.6) is 0 Å². The van der Waals surface area contributed by atoms with Crippen molar-refractivity contribution >= 4 is 27.5 Å². The second-order valence-corrected chi connectivity index (χ2v) is 15.2. The Balaban J connectivity index is 1.21. The van der Waals surface area contributed by atoms with E-state index in [0.29, 0.717) is 29.0 Å². The molecule has 0 spiro atoms. The molecule has 11 aromatic rings. The molecule has 0 aliphatic carbocycles. The summed E-state index contributed by atoms with van der Waals surface area (Å²) in [4.78, 5) is 29.5. The molecule has 8 aromatic carbocycles. The van der Waals surface area contributed by atoms with Crippen molar-refractivity contribution in [2.24, 2.45) is 0 Å². The maximum Gasteiger partial charge on any atom is 0.187 e. The molecule has 7 heteroatoms. The van der Waals surface area contributed by atoms with E-state index < -0.39 is 0 Å². The molecule has 0 saturated heterocycles. The highest BCUT2D eigenvalue weighted by atomic mass is 15.0. The van der Waals surface area contributed by atoms with Gasteiger partial charge in [-0.2, -0.15) is 0 Å². The van der Waals surface area contributed by atoms with Gasteiger partial charge in [0.1, 0.15) is 0 Å². The van der Waals surface area contributed by atoms with Gasteiger partial charge in [0.2, 0.25) is 0 Å². The maximum atomic E-state index is 7.69. The summed E-state index contributed by atoms with van der Waals surface area (Å²) in [6.45, 7) is 7.69. The highest BCUT2D eigenvalue weighted by Gasteiger charge is 2.21. The molecule has 0 unspecified atom stereocenters. The first-order valence-electron chi connectivity index (χ1n) is 20.7. The molecule has 7 nitrogen and oxygen atoms in total. The monoisotopic (exact) mass is 805 g/mol. The van der Waals surface area contributed by atoms with E-state index in [2.05, 4.69) is 94.3 Å². The SMILES string of the molecule is [C-]#[N+]c1cccc(-c2ccc3c4ccccc4n(-c4ccc(-c5nc(-c6ccccc6)nc(-c6ccccc6)n5)cc4-c4cc(-c5ccccc5)nc(-c5ccccc5)n4)c3c2)c1. The fourth-order valence-electron chi connectivity index (χ4n) is 8.24. The average Bonchev–Trinajstić information content (AvgIpc) is 3.70. The molecule has 294 valence electrons. The number of aromatic nitrogens is 6. The van der Waals surface area contributed by atoms with E-state index in [1.54, 1.807) is 0 Å². The van der Waals surface area contributed by atoms with Gasteiger partial charge in [-0.3, -0.25) is 0 Å². The Hall–Kier alpha value is -8.86. The fourth-order valence-corrected chi connectivity index (χ4v) is 8.24. The molecule has 0 radical (unpaired) electrons. The molecule has 0 atom stereocenters. The maximum absolute atomic E-state index is 7.69. The number of para-hydroxylation sites is 1. The van der Waals surface area contributed by atoms with E-state index in [9.17, 15) is 0 Å². The van der Waals surface area contributed by atoms with Crippen molar-refractivity contribution in [3.8, 4) is 84.9 Å². The largest absolute Gasteiger partial charge is 0.309 e. The highest BCUT2D eigenvalue weighted by molar-refractivity contribution is 6.11. The van der Waals surface area contributed by atoms with Gasteiger partial charge in [-0.25, -0.2) is 29.8 Å². The number of nitrogens with zero attached hydrogens (tertiary/aromatic N) is 7. The third-order valence-corrected chi connectivity index (χ3v) is 11.3. The Labute approximate surface area is 364 Å². The summed E-state index contributed by atoms with van der Waals surface area (Å²) in [6.07, 6.45) is 0. The summed E-state index contributed by atoms with van der Waals surface area (Å²) in [5.74, 6) is 2.33. The van der Waals surface area contributed by atoms with Crippen LogP contribution in [0.25, 0.3) is 112 Å². The van der Waals surface area contributed by atoms with Gasteiger partial charge >= 0.3 is 0 Å². The number of hydrogen-bond acceptors (Lipinski definition) is 5. The minimum atomic E-state index is 0.542. The van der Waals surface area contributed by atoms with Crippen LogP contribution in [0.15, 0.2) is 212 Å². The topological polar surface area (TPSA) is 73.7 Å². The predicted octanol–water partition coefficient (Wildman–Crippen LogP) is 14.0. The van der Waals surface area contributed by atoms with E-state index in [0.717, 1.165) is 83.4 Å². The number of fused-ring (bicyclic) bond motifs is 3. The number of rotatable bonds is 8. The molecule has 0 saturated carbocycles. The van der Waals surface area contributed by atoms with E-state index in [1.165, 1.54) is 0 Å². The van der Waals surface area contributed by atoms with Crippen LogP contribution < -0.4 is 0 Å². The van der Waals surface area contributed by atoms with E-state index in [1.807, 2.05) is 127 Å². The molecule has 63 heavy (non-hydrogen) atoms. The Morgan fingerprint density at radius 1 is 0.333 bits per heavy atom. The van der Waals surface area contributed by atoms with Gasteiger partial charge in [0, 0.05) is 44.2 Å². The minimum absolute atomic E-state index is 0.542. The van der Waals surface area contributed by atoms with Crippen molar-refractivity contribution in [2.45, 2.75) is 0 Å². The molecular weight excluding hydrogens is 771 g/mol. The zero-order valence-electron chi connectivity index (χ0n) is 33.8. The zero-order valence-corrected chi connectivity index (χ0v) is 33.8. The Morgan fingerprint density at radius 3 is 1.46 bits per heavy atom. The normalized spacial score (nSPS) is 11.2. The standard InChI is InChI=1S/C56H35N7/c1-57-44-26-16-25-41(33-44)42-29-31-46-45-27-14-15-28-50(45)63(52(46)35-42)51-32-30-43(56-61-54(39-21-10-4-11-22-39)60-55(62-56)40-23-12-5-13-24-40)34-47(51)49-36-48(37-17-6-2-7-18-37)58-53(59-49)38-19-8-3-9-20-38/h2-36H. The van der Waals surface area contributed by atoms with Gasteiger partial charge in [-0.05, 0) is 53.6 Å². The number of benzene rings is 8. The van der Waals surface area contributed by atoms with Crippen molar-refractivity contribution in [3.63, 3.8) is 0 Å². The average molecular weight is 806 g/mol. The lowest BCUT2D eigenvalue weighted by atomic mass is 10.0. The van der Waals surface area contributed by atoms with Crippen LogP contribution in [-0.4, -0.2) is 29.5 Å². The van der Waals surface area contributed by atoms with Crippen molar-refractivity contribution in [2.75, 3.05) is 0 Å². The Kier molecular flexibility index (Phi) is 9.41. The molecular formula is C56H35N7. The van der Waals surface area contributed by atoms with Gasteiger partial charge < -0.3 is 4.57 Å². The van der Waals surface area contributed by atoms with Gasteiger partial charge in [0.15, 0.2) is 29.0 Å². The van der Waals surface area contributed by atoms with E-state index in [-0.39, 0.29) is 0 Å². The van der Waals surface area contributed by atoms with E-state index >= 15 is 0 Å². The lowest BCUT2D eigenvalue weighted by Gasteiger charge is -2.17. The van der Waals surface area contributed by atoms with Crippen molar-refractivity contribution < 1.29 is 0 Å². The first-order chi connectivity index (χ1) is 31.2. The van der Waals surface area contributed by atoms with Crippen molar-refractivity contribution in [1.29, 1.82) is 0 Å². The molecule has 3 heterocycles. The van der Waals surface area contributed by atoms with Gasteiger partial charge in [-0.15, -0.1) is 0 Å². The van der Waals surface area contributed by atoms with Crippen LogP contribution in [0.2, 0.25) is 0 Å². The van der Waals surface area contributed by atoms with Gasteiger partial charge in [0.25, 0.3) is 0 Å². The molecule has 3 aromatic heterocycles. The second kappa shape index (κ2) is 16.0. The molecule has 0 aliphatic heterocycles. The smallest absolute Gasteiger partial charge is 0.187 e. The van der Waals surface area contributed by atoms with Crippen LogP contribution in [0.1, 0.15) is 0 Å². The highest BCUT2D eigenvalue weighted by Crippen LogP contribution is 2.40. The summed E-state index contributed by atoms with van der Waals surface area (Å²) in [7, 11) is 0. The van der Waals surface area contributed by atoms with Crippen LogP contribution in [0, 0.1) is 6.57 Å². The fraction of sp³-hybridized carbons (Fsp3) is 0. The molecule has 11 rings (SSSR count). The first-order valence-corrected chi connectivity index (χ1v) is 20.7. The van der Waals surface area contributed by atoms with Crippen molar-refractivity contribution in [1.82, 2.24) is 29.5 Å².